The topological polar surface area (TPSA) is 51.2 Å². The number of aromatic nitrogens is 2. The van der Waals surface area contributed by atoms with Crippen LogP contribution in [0.1, 0.15) is 32.0 Å². The van der Waals surface area contributed by atoms with E-state index in [-0.39, 0.29) is 5.41 Å². The van der Waals surface area contributed by atoms with Crippen LogP contribution in [-0.4, -0.2) is 16.5 Å². The Morgan fingerprint density at radius 2 is 1.88 bits per heavy atom. The standard InChI is InChI=1S/C19H22N4O/c1-13-9-10-15(24-5)14(12-13)21-22-18-17(19(2,3)4)20-16-8-6-7-11-23(16)18/h6-12H,1-5H3. The third kappa shape index (κ3) is 3.02. The third-order valence-electron chi connectivity index (χ3n) is 3.80. The minimum atomic E-state index is -0.128. The minimum absolute atomic E-state index is 0.128. The van der Waals surface area contributed by atoms with E-state index in [9.17, 15) is 0 Å². The van der Waals surface area contributed by atoms with Crippen molar-refractivity contribution >= 4 is 17.2 Å². The van der Waals surface area contributed by atoms with E-state index in [1.807, 2.05) is 53.9 Å². The fourth-order valence-electron chi connectivity index (χ4n) is 2.56. The lowest BCUT2D eigenvalue weighted by molar-refractivity contribution is 0.415. The monoisotopic (exact) mass is 322 g/mol. The van der Waals surface area contributed by atoms with E-state index in [0.717, 1.165) is 22.7 Å². The van der Waals surface area contributed by atoms with Crippen LogP contribution in [0.2, 0.25) is 0 Å². The van der Waals surface area contributed by atoms with Crippen LogP contribution in [0, 0.1) is 6.92 Å². The Hall–Kier alpha value is -2.69. The quantitative estimate of drug-likeness (QED) is 0.609. The van der Waals surface area contributed by atoms with Gasteiger partial charge in [0.25, 0.3) is 0 Å². The highest BCUT2D eigenvalue weighted by atomic mass is 16.5. The molecule has 124 valence electrons. The fourth-order valence-corrected chi connectivity index (χ4v) is 2.56. The number of ether oxygens (including phenoxy) is 1. The maximum absolute atomic E-state index is 5.38. The summed E-state index contributed by atoms with van der Waals surface area (Å²) in [6.45, 7) is 8.40. The molecule has 0 unspecified atom stereocenters. The zero-order chi connectivity index (χ0) is 17.3. The zero-order valence-electron chi connectivity index (χ0n) is 14.7. The largest absolute Gasteiger partial charge is 0.494 e. The highest BCUT2D eigenvalue weighted by molar-refractivity contribution is 5.56. The number of nitrogens with zero attached hydrogens (tertiary/aromatic N) is 4. The molecular formula is C19H22N4O. The normalized spacial score (nSPS) is 12.2. The third-order valence-corrected chi connectivity index (χ3v) is 3.80. The Labute approximate surface area is 142 Å². The summed E-state index contributed by atoms with van der Waals surface area (Å²) in [5, 5.41) is 8.97. The zero-order valence-corrected chi connectivity index (χ0v) is 14.7. The van der Waals surface area contributed by atoms with Crippen molar-refractivity contribution in [1.82, 2.24) is 9.38 Å². The molecule has 0 N–H and O–H groups in total. The summed E-state index contributed by atoms with van der Waals surface area (Å²) >= 11 is 0. The Morgan fingerprint density at radius 1 is 1.08 bits per heavy atom. The van der Waals surface area contributed by atoms with Gasteiger partial charge in [-0.2, -0.15) is 0 Å². The molecule has 0 aliphatic rings. The van der Waals surface area contributed by atoms with Crippen molar-refractivity contribution in [3.8, 4) is 5.75 Å². The number of fused-ring (bicyclic) bond motifs is 1. The second-order valence-corrected chi connectivity index (χ2v) is 6.84. The van der Waals surface area contributed by atoms with E-state index < -0.39 is 0 Å². The van der Waals surface area contributed by atoms with E-state index in [1.165, 1.54) is 0 Å². The first kappa shape index (κ1) is 16.2. The Morgan fingerprint density at radius 3 is 2.58 bits per heavy atom. The molecule has 0 amide bonds. The maximum atomic E-state index is 5.38. The molecular weight excluding hydrogens is 300 g/mol. The smallest absolute Gasteiger partial charge is 0.183 e. The molecule has 0 radical (unpaired) electrons. The number of pyridine rings is 1. The van der Waals surface area contributed by atoms with Crippen LogP contribution in [0.15, 0.2) is 52.8 Å². The van der Waals surface area contributed by atoms with Gasteiger partial charge in [0.2, 0.25) is 0 Å². The van der Waals surface area contributed by atoms with Crippen LogP contribution in [0.3, 0.4) is 0 Å². The SMILES string of the molecule is COc1ccc(C)cc1N=Nc1c(C(C)(C)C)nc2ccccn12. The van der Waals surface area contributed by atoms with E-state index >= 15 is 0 Å². The summed E-state index contributed by atoms with van der Waals surface area (Å²) in [5.74, 6) is 1.46. The van der Waals surface area contributed by atoms with E-state index in [2.05, 4.69) is 31.0 Å². The van der Waals surface area contributed by atoms with Gasteiger partial charge in [0.1, 0.15) is 17.1 Å². The fraction of sp³-hybridized carbons (Fsp3) is 0.316. The minimum Gasteiger partial charge on any atom is -0.494 e. The summed E-state index contributed by atoms with van der Waals surface area (Å²) in [4.78, 5) is 4.73. The van der Waals surface area contributed by atoms with Gasteiger partial charge in [-0.05, 0) is 36.8 Å². The molecule has 0 spiro atoms. The van der Waals surface area contributed by atoms with Crippen molar-refractivity contribution in [3.05, 3.63) is 53.9 Å². The van der Waals surface area contributed by atoms with Gasteiger partial charge in [0.15, 0.2) is 5.82 Å². The number of imidazole rings is 1. The van der Waals surface area contributed by atoms with Crippen molar-refractivity contribution in [3.63, 3.8) is 0 Å². The summed E-state index contributed by atoms with van der Waals surface area (Å²) in [6.07, 6.45) is 1.96. The summed E-state index contributed by atoms with van der Waals surface area (Å²) in [7, 11) is 1.64. The van der Waals surface area contributed by atoms with Gasteiger partial charge >= 0.3 is 0 Å². The van der Waals surface area contributed by atoms with Crippen molar-refractivity contribution in [2.24, 2.45) is 10.2 Å². The summed E-state index contributed by atoms with van der Waals surface area (Å²) in [6, 6.07) is 11.8. The first-order valence-electron chi connectivity index (χ1n) is 7.94. The highest BCUT2D eigenvalue weighted by Crippen LogP contribution is 2.35. The molecule has 2 heterocycles. The Balaban J connectivity index is 2.15. The van der Waals surface area contributed by atoms with Gasteiger partial charge in [-0.3, -0.25) is 4.40 Å². The lowest BCUT2D eigenvalue weighted by atomic mass is 9.92. The predicted molar refractivity (Wildman–Crippen MR) is 95.8 cm³/mol. The molecule has 24 heavy (non-hydrogen) atoms. The molecule has 3 aromatic rings. The van der Waals surface area contributed by atoms with E-state index in [1.54, 1.807) is 7.11 Å². The van der Waals surface area contributed by atoms with Gasteiger partial charge in [-0.25, -0.2) is 4.98 Å². The van der Waals surface area contributed by atoms with Crippen molar-refractivity contribution in [2.75, 3.05) is 7.11 Å². The number of azo groups is 1. The second-order valence-electron chi connectivity index (χ2n) is 6.84. The van der Waals surface area contributed by atoms with Crippen molar-refractivity contribution in [1.29, 1.82) is 0 Å². The van der Waals surface area contributed by atoms with Gasteiger partial charge in [-0.1, -0.05) is 32.9 Å². The summed E-state index contributed by atoms with van der Waals surface area (Å²) < 4.78 is 7.34. The molecule has 1 aromatic carbocycles. The molecule has 0 atom stereocenters. The highest BCUT2D eigenvalue weighted by Gasteiger charge is 2.24. The number of hydrogen-bond donors (Lipinski definition) is 0. The number of methoxy groups -OCH3 is 1. The molecule has 3 rings (SSSR count). The predicted octanol–water partition coefficient (Wildman–Crippen LogP) is 5.36. The Bertz CT molecular complexity index is 903. The maximum Gasteiger partial charge on any atom is 0.183 e. The van der Waals surface area contributed by atoms with Crippen molar-refractivity contribution < 1.29 is 4.74 Å². The first-order valence-corrected chi connectivity index (χ1v) is 7.94. The average Bonchev–Trinajstić information content (AvgIpc) is 2.92. The molecule has 2 aromatic heterocycles. The van der Waals surface area contributed by atoms with Gasteiger partial charge < -0.3 is 4.74 Å². The molecule has 5 heteroatoms. The van der Waals surface area contributed by atoms with Gasteiger partial charge in [0.05, 0.1) is 12.8 Å². The molecule has 0 fully saturated rings. The first-order chi connectivity index (χ1) is 11.4. The Kier molecular flexibility index (Phi) is 4.09. The lowest BCUT2D eigenvalue weighted by Crippen LogP contribution is -2.11. The van der Waals surface area contributed by atoms with E-state index in [4.69, 9.17) is 9.72 Å². The number of benzene rings is 1. The number of aryl methyl sites for hydroxylation is 1. The lowest BCUT2D eigenvalue weighted by Gasteiger charge is -2.15. The molecule has 0 saturated carbocycles. The van der Waals surface area contributed by atoms with Crippen LogP contribution in [-0.2, 0) is 5.41 Å². The van der Waals surface area contributed by atoms with Crippen molar-refractivity contribution in [2.45, 2.75) is 33.1 Å². The number of hydrogen-bond acceptors (Lipinski definition) is 4. The molecule has 0 bridgehead atoms. The second kappa shape index (κ2) is 6.07. The van der Waals surface area contributed by atoms with Gasteiger partial charge in [0, 0.05) is 11.6 Å². The van der Waals surface area contributed by atoms with Gasteiger partial charge in [-0.15, -0.1) is 10.2 Å². The van der Waals surface area contributed by atoms with E-state index in [0.29, 0.717) is 11.4 Å². The molecule has 0 saturated heterocycles. The van der Waals surface area contributed by atoms with Crippen LogP contribution in [0.25, 0.3) is 5.65 Å². The number of rotatable bonds is 3. The molecule has 5 nitrogen and oxygen atoms in total. The van der Waals surface area contributed by atoms with Crippen LogP contribution in [0.4, 0.5) is 11.5 Å². The van der Waals surface area contributed by atoms with Crippen LogP contribution >= 0.6 is 0 Å². The van der Waals surface area contributed by atoms with Crippen LogP contribution < -0.4 is 4.74 Å². The molecule has 0 aliphatic carbocycles. The summed E-state index contributed by atoms with van der Waals surface area (Å²) in [5.41, 5.74) is 3.48. The van der Waals surface area contributed by atoms with Crippen LogP contribution in [0.5, 0.6) is 5.75 Å². The molecule has 0 aliphatic heterocycles. The average molecular weight is 322 g/mol.